The molecule has 1 aromatic heterocycles. The lowest BCUT2D eigenvalue weighted by molar-refractivity contribution is -0.130. The average Bonchev–Trinajstić information content (AvgIpc) is 3.20. The molecule has 6 heteroatoms. The molecule has 0 aliphatic carbocycles. The Kier molecular flexibility index (Phi) is 5.38. The number of rotatable bonds is 5. The van der Waals surface area contributed by atoms with Crippen molar-refractivity contribution in [1.29, 1.82) is 0 Å². The van der Waals surface area contributed by atoms with Crippen molar-refractivity contribution < 1.29 is 14.0 Å². The minimum absolute atomic E-state index is 0.0519. The SMILES string of the molecule is CCc1ccccc1NCC(=O)N1CCN(C(=O)c2ccco2)CC1. The molecule has 6 nitrogen and oxygen atoms in total. The van der Waals surface area contributed by atoms with E-state index in [9.17, 15) is 9.59 Å². The van der Waals surface area contributed by atoms with E-state index in [4.69, 9.17) is 4.42 Å². The third-order valence-corrected chi connectivity index (χ3v) is 4.48. The van der Waals surface area contributed by atoms with Crippen LogP contribution in [0, 0.1) is 0 Å². The molecule has 0 unspecified atom stereocenters. The summed E-state index contributed by atoms with van der Waals surface area (Å²) in [5.41, 5.74) is 2.20. The topological polar surface area (TPSA) is 65.8 Å². The van der Waals surface area contributed by atoms with Crippen LogP contribution < -0.4 is 5.32 Å². The Labute approximate surface area is 147 Å². The zero-order valence-electron chi connectivity index (χ0n) is 14.4. The first-order valence-electron chi connectivity index (χ1n) is 8.61. The molecule has 0 spiro atoms. The predicted octanol–water partition coefficient (Wildman–Crippen LogP) is 2.24. The summed E-state index contributed by atoms with van der Waals surface area (Å²) in [7, 11) is 0. The molecule has 132 valence electrons. The first kappa shape index (κ1) is 17.1. The van der Waals surface area contributed by atoms with Gasteiger partial charge in [0.1, 0.15) is 0 Å². The van der Waals surface area contributed by atoms with Gasteiger partial charge in [-0.1, -0.05) is 25.1 Å². The van der Waals surface area contributed by atoms with Gasteiger partial charge in [-0.05, 0) is 30.2 Å². The van der Waals surface area contributed by atoms with E-state index >= 15 is 0 Å². The number of carbonyl (C=O) groups excluding carboxylic acids is 2. The number of furan rings is 1. The zero-order chi connectivity index (χ0) is 17.6. The van der Waals surface area contributed by atoms with Crippen LogP contribution in [0.4, 0.5) is 5.69 Å². The molecule has 1 N–H and O–H groups in total. The molecule has 3 rings (SSSR count). The number of anilines is 1. The zero-order valence-corrected chi connectivity index (χ0v) is 14.4. The van der Waals surface area contributed by atoms with Crippen LogP contribution in [-0.4, -0.2) is 54.3 Å². The van der Waals surface area contributed by atoms with Crippen LogP contribution in [0.15, 0.2) is 47.1 Å². The van der Waals surface area contributed by atoms with E-state index in [2.05, 4.69) is 18.3 Å². The van der Waals surface area contributed by atoms with Crippen LogP contribution in [0.5, 0.6) is 0 Å². The second-order valence-corrected chi connectivity index (χ2v) is 6.01. The van der Waals surface area contributed by atoms with Gasteiger partial charge in [0.15, 0.2) is 5.76 Å². The molecule has 1 aromatic carbocycles. The van der Waals surface area contributed by atoms with Crippen molar-refractivity contribution in [3.63, 3.8) is 0 Å². The van der Waals surface area contributed by atoms with Crippen molar-refractivity contribution in [2.45, 2.75) is 13.3 Å². The third kappa shape index (κ3) is 4.02. The highest BCUT2D eigenvalue weighted by Crippen LogP contribution is 2.15. The lowest BCUT2D eigenvalue weighted by Gasteiger charge is -2.34. The monoisotopic (exact) mass is 341 g/mol. The summed E-state index contributed by atoms with van der Waals surface area (Å²) >= 11 is 0. The summed E-state index contributed by atoms with van der Waals surface area (Å²) in [5.74, 6) is 0.278. The number of amides is 2. The first-order valence-corrected chi connectivity index (χ1v) is 8.61. The van der Waals surface area contributed by atoms with Crippen molar-refractivity contribution in [3.8, 4) is 0 Å². The summed E-state index contributed by atoms with van der Waals surface area (Å²) in [5, 5.41) is 3.23. The largest absolute Gasteiger partial charge is 0.459 e. The van der Waals surface area contributed by atoms with Crippen molar-refractivity contribution in [1.82, 2.24) is 9.80 Å². The fourth-order valence-electron chi connectivity index (χ4n) is 3.00. The van der Waals surface area contributed by atoms with Gasteiger partial charge in [-0.3, -0.25) is 9.59 Å². The van der Waals surface area contributed by atoms with Crippen LogP contribution in [0.1, 0.15) is 23.0 Å². The van der Waals surface area contributed by atoms with Crippen LogP contribution in [0.3, 0.4) is 0 Å². The lowest BCUT2D eigenvalue weighted by atomic mass is 10.1. The molecule has 1 saturated heterocycles. The molecule has 2 heterocycles. The predicted molar refractivity (Wildman–Crippen MR) is 95.5 cm³/mol. The minimum Gasteiger partial charge on any atom is -0.459 e. The third-order valence-electron chi connectivity index (χ3n) is 4.48. The standard InChI is InChI=1S/C19H23N3O3/c1-2-15-6-3-4-7-16(15)20-14-18(23)21-9-11-22(12-10-21)19(24)17-8-5-13-25-17/h3-8,13,20H,2,9-12,14H2,1H3. The molecular weight excluding hydrogens is 318 g/mol. The molecule has 2 aromatic rings. The number of hydrogen-bond donors (Lipinski definition) is 1. The van der Waals surface area contributed by atoms with Gasteiger partial charge in [0.2, 0.25) is 5.91 Å². The fourth-order valence-corrected chi connectivity index (χ4v) is 3.00. The highest BCUT2D eigenvalue weighted by molar-refractivity contribution is 5.91. The highest BCUT2D eigenvalue weighted by atomic mass is 16.3. The van der Waals surface area contributed by atoms with Gasteiger partial charge in [0.25, 0.3) is 5.91 Å². The second kappa shape index (κ2) is 7.88. The molecule has 2 amide bonds. The van der Waals surface area contributed by atoms with E-state index < -0.39 is 0 Å². The van der Waals surface area contributed by atoms with Gasteiger partial charge in [-0.15, -0.1) is 0 Å². The molecule has 25 heavy (non-hydrogen) atoms. The number of hydrogen-bond acceptors (Lipinski definition) is 4. The maximum atomic E-state index is 12.4. The smallest absolute Gasteiger partial charge is 0.289 e. The Balaban J connectivity index is 1.49. The van der Waals surface area contributed by atoms with Crippen molar-refractivity contribution in [3.05, 3.63) is 54.0 Å². The quantitative estimate of drug-likeness (QED) is 0.906. The first-order chi connectivity index (χ1) is 12.2. The number of benzene rings is 1. The van der Waals surface area contributed by atoms with Gasteiger partial charge in [0.05, 0.1) is 12.8 Å². The average molecular weight is 341 g/mol. The van der Waals surface area contributed by atoms with Crippen LogP contribution >= 0.6 is 0 Å². The van der Waals surface area contributed by atoms with Crippen LogP contribution in [-0.2, 0) is 11.2 Å². The molecular formula is C19H23N3O3. The van der Waals surface area contributed by atoms with E-state index in [0.29, 0.717) is 31.9 Å². The molecule has 1 aliphatic rings. The van der Waals surface area contributed by atoms with E-state index in [1.807, 2.05) is 18.2 Å². The number of aryl methyl sites for hydroxylation is 1. The van der Waals surface area contributed by atoms with Gasteiger partial charge in [-0.2, -0.15) is 0 Å². The Bertz CT molecular complexity index is 719. The number of nitrogens with one attached hydrogen (secondary N) is 1. The molecule has 0 saturated carbocycles. The molecule has 0 radical (unpaired) electrons. The maximum absolute atomic E-state index is 12.4. The van der Waals surface area contributed by atoms with Gasteiger partial charge in [-0.25, -0.2) is 0 Å². The number of carbonyl (C=O) groups is 2. The molecule has 0 bridgehead atoms. The number of para-hydroxylation sites is 1. The van der Waals surface area contributed by atoms with E-state index in [1.54, 1.807) is 21.9 Å². The molecule has 1 fully saturated rings. The normalized spacial score (nSPS) is 14.4. The Hall–Kier alpha value is -2.76. The van der Waals surface area contributed by atoms with E-state index in [-0.39, 0.29) is 18.4 Å². The van der Waals surface area contributed by atoms with Crippen molar-refractivity contribution in [2.75, 3.05) is 38.0 Å². The summed E-state index contributed by atoms with van der Waals surface area (Å²) in [6.45, 7) is 4.50. The number of piperazine rings is 1. The lowest BCUT2D eigenvalue weighted by Crippen LogP contribution is -2.51. The van der Waals surface area contributed by atoms with Gasteiger partial charge < -0.3 is 19.5 Å². The Morgan fingerprint density at radius 3 is 2.44 bits per heavy atom. The second-order valence-electron chi connectivity index (χ2n) is 6.01. The maximum Gasteiger partial charge on any atom is 0.289 e. The summed E-state index contributed by atoms with van der Waals surface area (Å²) in [6.07, 6.45) is 2.41. The molecule has 1 aliphatic heterocycles. The van der Waals surface area contributed by atoms with Crippen LogP contribution in [0.25, 0.3) is 0 Å². The Morgan fingerprint density at radius 2 is 1.76 bits per heavy atom. The Morgan fingerprint density at radius 1 is 1.04 bits per heavy atom. The van der Waals surface area contributed by atoms with Crippen LogP contribution in [0.2, 0.25) is 0 Å². The highest BCUT2D eigenvalue weighted by Gasteiger charge is 2.25. The summed E-state index contributed by atoms with van der Waals surface area (Å²) in [4.78, 5) is 28.2. The summed E-state index contributed by atoms with van der Waals surface area (Å²) < 4.78 is 5.15. The van der Waals surface area contributed by atoms with Crippen molar-refractivity contribution in [2.24, 2.45) is 0 Å². The van der Waals surface area contributed by atoms with Crippen molar-refractivity contribution >= 4 is 17.5 Å². The van der Waals surface area contributed by atoms with Gasteiger partial charge in [0, 0.05) is 31.9 Å². The number of nitrogens with zero attached hydrogens (tertiary/aromatic N) is 2. The molecule has 0 atom stereocenters. The van der Waals surface area contributed by atoms with E-state index in [1.165, 1.54) is 11.8 Å². The minimum atomic E-state index is -0.118. The van der Waals surface area contributed by atoms with E-state index in [0.717, 1.165) is 12.1 Å². The van der Waals surface area contributed by atoms with Gasteiger partial charge >= 0.3 is 0 Å². The summed E-state index contributed by atoms with van der Waals surface area (Å²) in [6, 6.07) is 11.4. The fraction of sp³-hybridized carbons (Fsp3) is 0.368.